The number of aromatic nitrogens is 1. The average molecular weight is 362 g/mol. The number of sulfonamides is 1. The van der Waals surface area contributed by atoms with Crippen LogP contribution >= 0.6 is 0 Å². The minimum atomic E-state index is -3.19. The maximum absolute atomic E-state index is 11.8. The summed E-state index contributed by atoms with van der Waals surface area (Å²) in [5.41, 5.74) is 5.31. The number of aryl methyl sites for hydroxylation is 1. The molecule has 2 aromatic rings. The molecule has 2 N–H and O–H groups in total. The van der Waals surface area contributed by atoms with Gasteiger partial charge in [0.1, 0.15) is 0 Å². The molecule has 136 valence electrons. The van der Waals surface area contributed by atoms with Crippen LogP contribution in [0.2, 0.25) is 0 Å². The van der Waals surface area contributed by atoms with Crippen LogP contribution in [0.15, 0.2) is 18.2 Å². The SMILES string of the molecule is CCCN1C[C@@H](NS(C)(=O)=O)CC2c3cccc4[nH]c(C)c(c34)C[C@H]21. The molecule has 1 aliphatic carbocycles. The number of H-pyrrole nitrogens is 1. The number of nitrogens with zero attached hydrogens (tertiary/aromatic N) is 1. The number of hydrogen-bond acceptors (Lipinski definition) is 3. The molecule has 1 aromatic heterocycles. The van der Waals surface area contributed by atoms with E-state index in [0.717, 1.165) is 32.4 Å². The van der Waals surface area contributed by atoms with E-state index in [1.54, 1.807) is 0 Å². The largest absolute Gasteiger partial charge is 0.358 e. The summed E-state index contributed by atoms with van der Waals surface area (Å²) in [4.78, 5) is 6.04. The number of hydrogen-bond donors (Lipinski definition) is 2. The number of rotatable bonds is 4. The first-order valence-electron chi connectivity index (χ1n) is 9.18. The third-order valence-corrected chi connectivity index (χ3v) is 6.57. The van der Waals surface area contributed by atoms with Crippen LogP contribution in [0.4, 0.5) is 0 Å². The summed E-state index contributed by atoms with van der Waals surface area (Å²) in [7, 11) is -3.19. The number of benzene rings is 1. The molecule has 2 heterocycles. The molecule has 2 aliphatic rings. The van der Waals surface area contributed by atoms with Crippen LogP contribution in [0.5, 0.6) is 0 Å². The fourth-order valence-corrected chi connectivity index (χ4v) is 5.77. The first-order valence-corrected chi connectivity index (χ1v) is 11.1. The third-order valence-electron chi connectivity index (χ3n) is 5.80. The van der Waals surface area contributed by atoms with Crippen molar-refractivity contribution in [1.82, 2.24) is 14.6 Å². The smallest absolute Gasteiger partial charge is 0.208 e. The minimum Gasteiger partial charge on any atom is -0.358 e. The highest BCUT2D eigenvalue weighted by molar-refractivity contribution is 7.88. The lowest BCUT2D eigenvalue weighted by atomic mass is 9.73. The normalized spacial score (nSPS) is 26.8. The molecule has 1 unspecified atom stereocenters. The van der Waals surface area contributed by atoms with Gasteiger partial charge in [-0.25, -0.2) is 13.1 Å². The molecule has 0 amide bonds. The van der Waals surface area contributed by atoms with Crippen LogP contribution in [0, 0.1) is 6.92 Å². The number of aromatic amines is 1. The second-order valence-electron chi connectivity index (χ2n) is 7.69. The molecule has 1 saturated heterocycles. The van der Waals surface area contributed by atoms with Gasteiger partial charge in [-0.2, -0.15) is 0 Å². The van der Waals surface area contributed by atoms with Gasteiger partial charge in [0.05, 0.1) is 6.26 Å². The minimum absolute atomic E-state index is 0.0142. The number of nitrogens with one attached hydrogen (secondary N) is 2. The summed E-state index contributed by atoms with van der Waals surface area (Å²) >= 11 is 0. The lowest BCUT2D eigenvalue weighted by molar-refractivity contribution is 0.106. The molecule has 0 radical (unpaired) electrons. The van der Waals surface area contributed by atoms with Gasteiger partial charge in [0.15, 0.2) is 0 Å². The Hall–Kier alpha value is -1.37. The predicted octanol–water partition coefficient (Wildman–Crippen LogP) is 2.52. The summed E-state index contributed by atoms with van der Waals surface area (Å²) < 4.78 is 26.4. The second-order valence-corrected chi connectivity index (χ2v) is 9.47. The molecule has 4 rings (SSSR count). The van der Waals surface area contributed by atoms with Gasteiger partial charge >= 0.3 is 0 Å². The second kappa shape index (κ2) is 6.11. The van der Waals surface area contributed by atoms with Crippen LogP contribution < -0.4 is 4.72 Å². The summed E-state index contributed by atoms with van der Waals surface area (Å²) in [5, 5.41) is 1.37. The fourth-order valence-electron chi connectivity index (χ4n) is 5.00. The summed E-state index contributed by atoms with van der Waals surface area (Å²) in [6.45, 7) is 6.17. The van der Waals surface area contributed by atoms with Crippen molar-refractivity contribution in [2.45, 2.75) is 51.1 Å². The van der Waals surface area contributed by atoms with Crippen LogP contribution in [-0.4, -0.2) is 49.7 Å². The lowest BCUT2D eigenvalue weighted by Gasteiger charge is -2.47. The van der Waals surface area contributed by atoms with Crippen LogP contribution in [0.3, 0.4) is 0 Å². The van der Waals surface area contributed by atoms with E-state index in [1.807, 2.05) is 0 Å². The molecular weight excluding hydrogens is 334 g/mol. The Bertz CT molecular complexity index is 903. The van der Waals surface area contributed by atoms with E-state index >= 15 is 0 Å². The van der Waals surface area contributed by atoms with Crippen molar-refractivity contribution in [2.75, 3.05) is 19.3 Å². The van der Waals surface area contributed by atoms with E-state index in [2.05, 4.69) is 46.7 Å². The van der Waals surface area contributed by atoms with Gasteiger partial charge in [-0.15, -0.1) is 0 Å². The molecule has 3 atom stereocenters. The maximum Gasteiger partial charge on any atom is 0.208 e. The fraction of sp³-hybridized carbons (Fsp3) is 0.579. The Morgan fingerprint density at radius 3 is 2.88 bits per heavy atom. The maximum atomic E-state index is 11.8. The molecule has 0 saturated carbocycles. The molecule has 1 aromatic carbocycles. The molecule has 5 nitrogen and oxygen atoms in total. The van der Waals surface area contributed by atoms with Gasteiger partial charge in [0, 0.05) is 41.1 Å². The van der Waals surface area contributed by atoms with Crippen molar-refractivity contribution in [3.63, 3.8) is 0 Å². The number of likely N-dealkylation sites (tertiary alicyclic amines) is 1. The molecule has 25 heavy (non-hydrogen) atoms. The van der Waals surface area contributed by atoms with E-state index in [-0.39, 0.29) is 6.04 Å². The molecular formula is C19H27N3O2S. The topological polar surface area (TPSA) is 65.2 Å². The van der Waals surface area contributed by atoms with Crippen molar-refractivity contribution >= 4 is 20.9 Å². The molecule has 1 aliphatic heterocycles. The summed E-state index contributed by atoms with van der Waals surface area (Å²) in [5.74, 6) is 0.381. The van der Waals surface area contributed by atoms with Crippen molar-refractivity contribution in [1.29, 1.82) is 0 Å². The highest BCUT2D eigenvalue weighted by atomic mass is 32.2. The quantitative estimate of drug-likeness (QED) is 0.879. The Balaban J connectivity index is 1.77. The first kappa shape index (κ1) is 17.1. The molecule has 6 heteroatoms. The molecule has 0 spiro atoms. The zero-order valence-corrected chi connectivity index (χ0v) is 16.0. The van der Waals surface area contributed by atoms with E-state index in [9.17, 15) is 8.42 Å². The lowest BCUT2D eigenvalue weighted by Crippen LogP contribution is -2.56. The van der Waals surface area contributed by atoms with Gasteiger partial charge in [0.2, 0.25) is 10.0 Å². The van der Waals surface area contributed by atoms with Crippen LogP contribution in [0.1, 0.15) is 42.5 Å². The standard InChI is InChI=1S/C19H27N3O2S/c1-4-8-22-11-13(21-25(3,23)24)9-16-14-6-5-7-17-19(14)15(10-18(16)22)12(2)20-17/h5-7,13,16,18,20-21H,4,8-11H2,1-3H3/t13-,16?,18+/m0/s1. The third kappa shape index (κ3) is 3.00. The Kier molecular flexibility index (Phi) is 4.17. The Morgan fingerprint density at radius 2 is 2.16 bits per heavy atom. The highest BCUT2D eigenvalue weighted by Crippen LogP contribution is 2.44. The summed E-state index contributed by atoms with van der Waals surface area (Å²) in [6.07, 6.45) is 4.27. The summed E-state index contributed by atoms with van der Waals surface area (Å²) in [6, 6.07) is 6.96. The highest BCUT2D eigenvalue weighted by Gasteiger charge is 2.41. The van der Waals surface area contributed by atoms with Crippen molar-refractivity contribution < 1.29 is 8.42 Å². The Labute approximate surface area is 149 Å². The van der Waals surface area contributed by atoms with Gasteiger partial charge in [0.25, 0.3) is 0 Å². The zero-order valence-electron chi connectivity index (χ0n) is 15.2. The van der Waals surface area contributed by atoms with E-state index in [0.29, 0.717) is 12.0 Å². The van der Waals surface area contributed by atoms with Gasteiger partial charge in [-0.1, -0.05) is 19.1 Å². The predicted molar refractivity (Wildman–Crippen MR) is 102 cm³/mol. The molecule has 0 bridgehead atoms. The van der Waals surface area contributed by atoms with E-state index in [4.69, 9.17) is 0 Å². The van der Waals surface area contributed by atoms with Crippen molar-refractivity contribution in [2.24, 2.45) is 0 Å². The van der Waals surface area contributed by atoms with E-state index < -0.39 is 10.0 Å². The van der Waals surface area contributed by atoms with Crippen molar-refractivity contribution in [3.8, 4) is 0 Å². The molecule has 1 fully saturated rings. The number of piperidine rings is 1. The van der Waals surface area contributed by atoms with Gasteiger partial charge in [-0.05, 0) is 49.9 Å². The monoisotopic (exact) mass is 361 g/mol. The van der Waals surface area contributed by atoms with Crippen LogP contribution in [0.25, 0.3) is 10.9 Å². The number of fused-ring (bicyclic) bond motifs is 2. The Morgan fingerprint density at radius 1 is 1.36 bits per heavy atom. The average Bonchev–Trinajstić information content (AvgIpc) is 2.84. The first-order chi connectivity index (χ1) is 11.9. The van der Waals surface area contributed by atoms with Gasteiger partial charge in [-0.3, -0.25) is 4.90 Å². The van der Waals surface area contributed by atoms with Gasteiger partial charge < -0.3 is 4.98 Å². The van der Waals surface area contributed by atoms with Crippen molar-refractivity contribution in [3.05, 3.63) is 35.0 Å². The van der Waals surface area contributed by atoms with E-state index in [1.165, 1.54) is 34.0 Å². The van der Waals surface area contributed by atoms with Crippen LogP contribution in [-0.2, 0) is 16.4 Å². The zero-order chi connectivity index (χ0) is 17.8.